The van der Waals surface area contributed by atoms with Gasteiger partial charge in [-0.05, 0) is 85.9 Å². The normalized spacial score (nSPS) is 40.6. The standard InChI is InChI=1S/C26H44O3/c1-17(2)7-6-8-18(3)20-10-11-21-19-9-12-23(27)26(5,16-14-24(28)29)22(19)13-15-25(20,21)4/h17-22H,6-16H2,1-5H3,(H,28,29)/p-1/t18-,19+,20+,21+,22-,25-,26-/m1/s1. The third-order valence-corrected chi connectivity index (χ3v) is 9.65. The van der Waals surface area contributed by atoms with Crippen molar-refractivity contribution in [2.24, 2.45) is 46.3 Å². The average molecular weight is 404 g/mol. The number of carbonyl (C=O) groups excluding carboxylic acids is 2. The van der Waals surface area contributed by atoms with Crippen molar-refractivity contribution in [1.82, 2.24) is 0 Å². The quantitative estimate of drug-likeness (QED) is 0.545. The second-order valence-corrected chi connectivity index (χ2v) is 11.7. The van der Waals surface area contributed by atoms with Crippen LogP contribution in [-0.2, 0) is 9.59 Å². The molecule has 0 radical (unpaired) electrons. The highest BCUT2D eigenvalue weighted by molar-refractivity contribution is 5.86. The summed E-state index contributed by atoms with van der Waals surface area (Å²) in [6.07, 6.45) is 11.1. The first-order valence-corrected chi connectivity index (χ1v) is 12.3. The topological polar surface area (TPSA) is 57.2 Å². The number of hydrogen-bond donors (Lipinski definition) is 0. The van der Waals surface area contributed by atoms with Crippen LogP contribution in [0.1, 0.15) is 105 Å². The maximum Gasteiger partial charge on any atom is 0.139 e. The number of Topliss-reactive ketones (excluding diaryl/α,β-unsaturated/α-hetero) is 1. The van der Waals surface area contributed by atoms with Gasteiger partial charge >= 0.3 is 0 Å². The van der Waals surface area contributed by atoms with Crippen LogP contribution in [0.3, 0.4) is 0 Å². The first-order valence-electron chi connectivity index (χ1n) is 12.3. The molecule has 3 aliphatic rings. The van der Waals surface area contributed by atoms with Crippen LogP contribution in [0.25, 0.3) is 0 Å². The molecule has 0 N–H and O–H groups in total. The molecule has 3 fully saturated rings. The van der Waals surface area contributed by atoms with Crippen molar-refractivity contribution in [3.05, 3.63) is 0 Å². The van der Waals surface area contributed by atoms with Crippen LogP contribution >= 0.6 is 0 Å². The number of carboxylic acid groups (broad SMARTS) is 1. The molecule has 3 heteroatoms. The Hall–Kier alpha value is -0.860. The average Bonchev–Trinajstić information content (AvgIpc) is 3.00. The highest BCUT2D eigenvalue weighted by Crippen LogP contribution is 2.65. The minimum Gasteiger partial charge on any atom is -0.550 e. The summed E-state index contributed by atoms with van der Waals surface area (Å²) in [5, 5.41) is 11.1. The van der Waals surface area contributed by atoms with Gasteiger partial charge in [-0.1, -0.05) is 53.9 Å². The maximum absolute atomic E-state index is 12.9. The van der Waals surface area contributed by atoms with E-state index < -0.39 is 11.4 Å². The van der Waals surface area contributed by atoms with E-state index in [0.717, 1.165) is 30.6 Å². The van der Waals surface area contributed by atoms with Crippen molar-refractivity contribution >= 4 is 11.8 Å². The number of aliphatic carboxylic acids is 1. The predicted octanol–water partition coefficient (Wildman–Crippen LogP) is 5.41. The fraction of sp³-hybridized carbons (Fsp3) is 0.923. The molecule has 0 aromatic rings. The zero-order valence-corrected chi connectivity index (χ0v) is 19.5. The minimum absolute atomic E-state index is 0.0168. The molecule has 0 heterocycles. The largest absolute Gasteiger partial charge is 0.550 e. The molecule has 0 aromatic heterocycles. The molecular weight excluding hydrogens is 360 g/mol. The summed E-state index contributed by atoms with van der Waals surface area (Å²) in [7, 11) is 0. The fourth-order valence-corrected chi connectivity index (χ4v) is 7.98. The smallest absolute Gasteiger partial charge is 0.139 e. The number of carboxylic acids is 1. The Morgan fingerprint density at radius 3 is 2.45 bits per heavy atom. The lowest BCUT2D eigenvalue weighted by Gasteiger charge is -2.56. The number of ketones is 1. The molecule has 0 aliphatic heterocycles. The minimum atomic E-state index is -1.02. The van der Waals surface area contributed by atoms with Crippen molar-refractivity contribution in [2.45, 2.75) is 105 Å². The molecule has 0 unspecified atom stereocenters. The predicted molar refractivity (Wildman–Crippen MR) is 115 cm³/mol. The van der Waals surface area contributed by atoms with Crippen LogP contribution in [0.15, 0.2) is 0 Å². The van der Waals surface area contributed by atoms with Crippen molar-refractivity contribution in [3.8, 4) is 0 Å². The second kappa shape index (κ2) is 8.71. The maximum atomic E-state index is 12.9. The van der Waals surface area contributed by atoms with E-state index >= 15 is 0 Å². The molecular formula is C26H43O3-. The summed E-state index contributed by atoms with van der Waals surface area (Å²) in [6, 6.07) is 0. The van der Waals surface area contributed by atoms with Gasteiger partial charge in [0.1, 0.15) is 5.78 Å². The first-order chi connectivity index (χ1) is 13.6. The molecule has 29 heavy (non-hydrogen) atoms. The first kappa shape index (κ1) is 22.8. The van der Waals surface area contributed by atoms with Crippen molar-refractivity contribution in [3.63, 3.8) is 0 Å². The van der Waals surface area contributed by atoms with E-state index in [9.17, 15) is 14.7 Å². The summed E-state index contributed by atoms with van der Waals surface area (Å²) < 4.78 is 0. The molecule has 3 nitrogen and oxygen atoms in total. The van der Waals surface area contributed by atoms with E-state index in [4.69, 9.17) is 0 Å². The SMILES string of the molecule is CC(C)CCC[C@@H](C)[C@@H]1CC[C@H]2[C@@H]3CCC(=O)[C@](C)(CCC(=O)[O-])[C@@H]3CC[C@@]21C. The van der Waals surface area contributed by atoms with E-state index in [-0.39, 0.29) is 6.42 Å². The van der Waals surface area contributed by atoms with E-state index in [1.807, 2.05) is 0 Å². The molecule has 7 atom stereocenters. The van der Waals surface area contributed by atoms with Gasteiger partial charge < -0.3 is 9.90 Å². The lowest BCUT2D eigenvalue weighted by Crippen LogP contribution is -2.52. The zero-order valence-electron chi connectivity index (χ0n) is 19.5. The number of hydrogen-bond acceptors (Lipinski definition) is 3. The highest BCUT2D eigenvalue weighted by atomic mass is 16.4. The Morgan fingerprint density at radius 2 is 1.79 bits per heavy atom. The summed E-state index contributed by atoms with van der Waals surface area (Å²) in [6.45, 7) is 11.7. The molecule has 3 aliphatic carbocycles. The Kier molecular flexibility index (Phi) is 6.85. The molecule has 0 aromatic carbocycles. The van der Waals surface area contributed by atoms with Gasteiger partial charge in [0.05, 0.1) is 0 Å². The molecule has 166 valence electrons. The lowest BCUT2D eigenvalue weighted by atomic mass is 9.48. The van der Waals surface area contributed by atoms with Crippen LogP contribution in [0, 0.1) is 46.3 Å². The van der Waals surface area contributed by atoms with Crippen molar-refractivity contribution in [1.29, 1.82) is 0 Å². The third-order valence-electron chi connectivity index (χ3n) is 9.65. The third kappa shape index (κ3) is 4.30. The Labute approximate surface area is 178 Å². The molecule has 0 bridgehead atoms. The molecule has 0 spiro atoms. The van der Waals surface area contributed by atoms with Gasteiger partial charge in [-0.15, -0.1) is 0 Å². The van der Waals surface area contributed by atoms with E-state index in [0.29, 0.717) is 41.8 Å². The van der Waals surface area contributed by atoms with Gasteiger partial charge in [-0.3, -0.25) is 4.79 Å². The van der Waals surface area contributed by atoms with Crippen LogP contribution in [-0.4, -0.2) is 11.8 Å². The number of fused-ring (bicyclic) bond motifs is 3. The molecule has 3 saturated carbocycles. The molecule has 0 amide bonds. The highest BCUT2D eigenvalue weighted by Gasteiger charge is 2.59. The zero-order chi connectivity index (χ0) is 21.4. The van der Waals surface area contributed by atoms with E-state index in [1.165, 1.54) is 38.5 Å². The molecule has 3 rings (SSSR count). The Morgan fingerprint density at radius 1 is 1.07 bits per heavy atom. The van der Waals surface area contributed by atoms with Gasteiger partial charge in [0.2, 0.25) is 0 Å². The van der Waals surface area contributed by atoms with Crippen LogP contribution in [0.4, 0.5) is 0 Å². The molecule has 0 saturated heterocycles. The van der Waals surface area contributed by atoms with Gasteiger partial charge in [-0.25, -0.2) is 0 Å². The fourth-order valence-electron chi connectivity index (χ4n) is 7.98. The van der Waals surface area contributed by atoms with Crippen LogP contribution in [0.2, 0.25) is 0 Å². The van der Waals surface area contributed by atoms with E-state index in [2.05, 4.69) is 34.6 Å². The van der Waals surface area contributed by atoms with Gasteiger partial charge in [0.25, 0.3) is 0 Å². The van der Waals surface area contributed by atoms with E-state index in [1.54, 1.807) is 0 Å². The summed E-state index contributed by atoms with van der Waals surface area (Å²) >= 11 is 0. The van der Waals surface area contributed by atoms with Gasteiger partial charge in [0, 0.05) is 17.8 Å². The van der Waals surface area contributed by atoms with Crippen LogP contribution in [0.5, 0.6) is 0 Å². The monoisotopic (exact) mass is 403 g/mol. The Bertz CT molecular complexity index is 611. The summed E-state index contributed by atoms with van der Waals surface area (Å²) in [4.78, 5) is 24.0. The second-order valence-electron chi connectivity index (χ2n) is 11.7. The van der Waals surface area contributed by atoms with Crippen molar-refractivity contribution in [2.75, 3.05) is 0 Å². The number of carbonyl (C=O) groups is 2. The van der Waals surface area contributed by atoms with Crippen molar-refractivity contribution < 1.29 is 14.7 Å². The lowest BCUT2D eigenvalue weighted by molar-refractivity contribution is -0.306. The van der Waals surface area contributed by atoms with Crippen LogP contribution < -0.4 is 5.11 Å². The Balaban J connectivity index is 1.73. The van der Waals surface area contributed by atoms with Gasteiger partial charge in [-0.2, -0.15) is 0 Å². The number of rotatable bonds is 8. The van der Waals surface area contributed by atoms with Gasteiger partial charge in [0.15, 0.2) is 0 Å². The summed E-state index contributed by atoms with van der Waals surface area (Å²) in [5.41, 5.74) is -0.0423. The summed E-state index contributed by atoms with van der Waals surface area (Å²) in [5.74, 6) is 3.38.